The Kier molecular flexibility index (Phi) is 5.60. The molecule has 0 spiro atoms. The van der Waals surface area contributed by atoms with Gasteiger partial charge in [-0.1, -0.05) is 12.1 Å². The molecule has 4 nitrogen and oxygen atoms in total. The van der Waals surface area contributed by atoms with Gasteiger partial charge in [-0.3, -0.25) is 9.69 Å². The van der Waals surface area contributed by atoms with Crippen LogP contribution >= 0.6 is 11.3 Å². The van der Waals surface area contributed by atoms with Gasteiger partial charge in [0.05, 0.1) is 11.7 Å². The van der Waals surface area contributed by atoms with E-state index < -0.39 is 6.10 Å². The van der Waals surface area contributed by atoms with Gasteiger partial charge in [-0.05, 0) is 35.6 Å². The molecule has 0 radical (unpaired) electrons. The van der Waals surface area contributed by atoms with Gasteiger partial charge in [0.2, 0.25) is 0 Å². The van der Waals surface area contributed by atoms with E-state index in [9.17, 15) is 14.3 Å². The Morgan fingerprint density at radius 1 is 1.17 bits per heavy atom. The third kappa shape index (κ3) is 4.20. The first-order valence-electron chi connectivity index (χ1n) is 8.11. The molecule has 1 aliphatic heterocycles. The van der Waals surface area contributed by atoms with Crippen LogP contribution in [0.5, 0.6) is 0 Å². The van der Waals surface area contributed by atoms with Gasteiger partial charge in [-0.15, -0.1) is 0 Å². The Morgan fingerprint density at radius 2 is 1.96 bits per heavy atom. The van der Waals surface area contributed by atoms with Crippen molar-refractivity contribution in [3.8, 4) is 0 Å². The molecule has 24 heavy (non-hydrogen) atoms. The van der Waals surface area contributed by atoms with Gasteiger partial charge in [0.1, 0.15) is 5.82 Å². The van der Waals surface area contributed by atoms with E-state index in [0.29, 0.717) is 18.7 Å². The topological polar surface area (TPSA) is 43.8 Å². The van der Waals surface area contributed by atoms with Gasteiger partial charge in [0, 0.05) is 38.1 Å². The number of aliphatic hydroxyl groups is 1. The van der Waals surface area contributed by atoms with Crippen LogP contribution in [-0.2, 0) is 0 Å². The molecule has 1 saturated heterocycles. The van der Waals surface area contributed by atoms with Gasteiger partial charge < -0.3 is 10.0 Å². The number of amides is 1. The summed E-state index contributed by atoms with van der Waals surface area (Å²) in [5.74, 6) is -0.222. The molecule has 2 aromatic rings. The molecule has 1 aromatic heterocycles. The van der Waals surface area contributed by atoms with E-state index in [0.717, 1.165) is 31.6 Å². The molecule has 1 fully saturated rings. The number of carbonyl (C=O) groups is 1. The number of thiophene rings is 1. The molecule has 1 atom stereocenters. The average molecular weight is 348 g/mol. The van der Waals surface area contributed by atoms with E-state index in [-0.39, 0.29) is 11.7 Å². The lowest BCUT2D eigenvalue weighted by Crippen LogP contribution is -2.36. The first kappa shape index (κ1) is 17.1. The predicted octanol–water partition coefficient (Wildman–Crippen LogP) is 2.77. The van der Waals surface area contributed by atoms with Crippen LogP contribution in [0.3, 0.4) is 0 Å². The maximum Gasteiger partial charge on any atom is 0.254 e. The van der Waals surface area contributed by atoms with Crippen LogP contribution in [0.1, 0.15) is 28.4 Å². The van der Waals surface area contributed by atoms with E-state index in [4.69, 9.17) is 0 Å². The normalized spacial score (nSPS) is 17.5. The summed E-state index contributed by atoms with van der Waals surface area (Å²) >= 11 is 1.53. The highest BCUT2D eigenvalue weighted by atomic mass is 32.1. The number of rotatable bonds is 4. The van der Waals surface area contributed by atoms with E-state index in [1.807, 2.05) is 21.7 Å². The smallest absolute Gasteiger partial charge is 0.254 e. The number of halogens is 1. The second-order valence-electron chi connectivity index (χ2n) is 6.03. The van der Waals surface area contributed by atoms with E-state index in [2.05, 4.69) is 4.90 Å². The van der Waals surface area contributed by atoms with Crippen LogP contribution in [0, 0.1) is 5.82 Å². The van der Waals surface area contributed by atoms with Crippen LogP contribution in [0.25, 0.3) is 0 Å². The molecular formula is C18H21FN2O2S. The standard InChI is InChI=1S/C18H21FN2O2S/c19-16-4-2-14(3-5-16)17(22)12-20-7-1-8-21(10-9-20)18(23)15-6-11-24-13-15/h2-6,11,13,17,22H,1,7-10,12H2/t17-/m1/s1. The van der Waals surface area contributed by atoms with Crippen molar-refractivity contribution in [3.05, 3.63) is 58.0 Å². The summed E-state index contributed by atoms with van der Waals surface area (Å²) in [4.78, 5) is 16.5. The fourth-order valence-electron chi connectivity index (χ4n) is 2.96. The Hall–Kier alpha value is -1.76. The average Bonchev–Trinajstić information content (AvgIpc) is 3.02. The summed E-state index contributed by atoms with van der Waals surface area (Å²) in [5, 5.41) is 14.1. The Labute approximate surface area is 145 Å². The summed E-state index contributed by atoms with van der Waals surface area (Å²) in [6, 6.07) is 7.81. The number of carbonyl (C=O) groups excluding carboxylic acids is 1. The van der Waals surface area contributed by atoms with Crippen LogP contribution in [0.15, 0.2) is 41.1 Å². The predicted molar refractivity (Wildman–Crippen MR) is 92.6 cm³/mol. The maximum absolute atomic E-state index is 13.0. The minimum absolute atomic E-state index is 0.0807. The Morgan fingerprint density at radius 3 is 2.67 bits per heavy atom. The molecule has 0 aliphatic carbocycles. The molecule has 0 saturated carbocycles. The van der Waals surface area contributed by atoms with Crippen LogP contribution in [0.2, 0.25) is 0 Å². The quantitative estimate of drug-likeness (QED) is 0.924. The van der Waals surface area contributed by atoms with Crippen LogP contribution < -0.4 is 0 Å². The SMILES string of the molecule is O=C(c1ccsc1)N1CCCN(C[C@@H](O)c2ccc(F)cc2)CC1. The minimum atomic E-state index is -0.648. The lowest BCUT2D eigenvalue weighted by molar-refractivity contribution is 0.0755. The number of hydrogen-bond donors (Lipinski definition) is 1. The molecule has 0 unspecified atom stereocenters. The summed E-state index contributed by atoms with van der Waals surface area (Å²) in [7, 11) is 0. The number of nitrogens with zero attached hydrogens (tertiary/aromatic N) is 2. The second kappa shape index (κ2) is 7.88. The highest BCUT2D eigenvalue weighted by molar-refractivity contribution is 7.08. The van der Waals surface area contributed by atoms with Gasteiger partial charge in [-0.25, -0.2) is 4.39 Å². The number of hydrogen-bond acceptors (Lipinski definition) is 4. The first-order chi connectivity index (χ1) is 11.6. The van der Waals surface area contributed by atoms with Crippen LogP contribution in [0.4, 0.5) is 4.39 Å². The molecular weight excluding hydrogens is 327 g/mol. The van der Waals surface area contributed by atoms with Crippen LogP contribution in [-0.4, -0.2) is 53.5 Å². The molecule has 1 N–H and O–H groups in total. The number of benzene rings is 1. The summed E-state index contributed by atoms with van der Waals surface area (Å²) < 4.78 is 13.0. The zero-order valence-corrected chi connectivity index (χ0v) is 14.2. The number of aliphatic hydroxyl groups excluding tert-OH is 1. The molecule has 1 amide bonds. The first-order valence-corrected chi connectivity index (χ1v) is 9.05. The zero-order chi connectivity index (χ0) is 16.9. The molecule has 1 aliphatic rings. The zero-order valence-electron chi connectivity index (χ0n) is 13.4. The van der Waals surface area contributed by atoms with E-state index in [1.54, 1.807) is 12.1 Å². The van der Waals surface area contributed by atoms with E-state index >= 15 is 0 Å². The lowest BCUT2D eigenvalue weighted by atomic mass is 10.1. The fraction of sp³-hybridized carbons (Fsp3) is 0.389. The van der Waals surface area contributed by atoms with Crippen molar-refractivity contribution in [2.24, 2.45) is 0 Å². The maximum atomic E-state index is 13.0. The van der Waals surface area contributed by atoms with Crippen molar-refractivity contribution in [3.63, 3.8) is 0 Å². The molecule has 3 rings (SSSR count). The van der Waals surface area contributed by atoms with Crippen molar-refractivity contribution in [2.45, 2.75) is 12.5 Å². The molecule has 128 valence electrons. The number of β-amino-alcohol motifs (C(OH)–C–C–N with tert-alkyl or cyclic N) is 1. The lowest BCUT2D eigenvalue weighted by Gasteiger charge is -2.24. The van der Waals surface area contributed by atoms with Gasteiger partial charge >= 0.3 is 0 Å². The van der Waals surface area contributed by atoms with Crippen molar-refractivity contribution >= 4 is 17.2 Å². The molecule has 6 heteroatoms. The fourth-order valence-corrected chi connectivity index (χ4v) is 3.59. The monoisotopic (exact) mass is 348 g/mol. The van der Waals surface area contributed by atoms with Gasteiger partial charge in [0.25, 0.3) is 5.91 Å². The Balaban J connectivity index is 1.55. The largest absolute Gasteiger partial charge is 0.387 e. The van der Waals surface area contributed by atoms with E-state index in [1.165, 1.54) is 23.5 Å². The summed E-state index contributed by atoms with van der Waals surface area (Å²) in [5.41, 5.74) is 1.46. The highest BCUT2D eigenvalue weighted by Crippen LogP contribution is 2.17. The minimum Gasteiger partial charge on any atom is -0.387 e. The van der Waals surface area contributed by atoms with Crippen molar-refractivity contribution in [1.82, 2.24) is 9.80 Å². The van der Waals surface area contributed by atoms with Crippen molar-refractivity contribution in [1.29, 1.82) is 0 Å². The summed E-state index contributed by atoms with van der Waals surface area (Å²) in [6.07, 6.45) is 0.233. The second-order valence-corrected chi connectivity index (χ2v) is 6.81. The third-order valence-corrected chi connectivity index (χ3v) is 5.01. The molecule has 1 aromatic carbocycles. The van der Waals surface area contributed by atoms with Gasteiger partial charge in [-0.2, -0.15) is 11.3 Å². The third-order valence-electron chi connectivity index (χ3n) is 4.33. The highest BCUT2D eigenvalue weighted by Gasteiger charge is 2.22. The van der Waals surface area contributed by atoms with Gasteiger partial charge in [0.15, 0.2) is 0 Å². The molecule has 2 heterocycles. The summed E-state index contributed by atoms with van der Waals surface area (Å²) in [6.45, 7) is 3.45. The van der Waals surface area contributed by atoms with Crippen molar-refractivity contribution in [2.75, 3.05) is 32.7 Å². The Bertz CT molecular complexity index is 660. The van der Waals surface area contributed by atoms with Crippen molar-refractivity contribution < 1.29 is 14.3 Å². The molecule has 0 bridgehead atoms.